The third-order valence-corrected chi connectivity index (χ3v) is 6.97. The second-order valence-corrected chi connectivity index (χ2v) is 9.22. The first-order chi connectivity index (χ1) is 18.8. The average molecular weight is 536 g/mol. The summed E-state index contributed by atoms with van der Waals surface area (Å²) in [5, 5.41) is 14.6. The summed E-state index contributed by atoms with van der Waals surface area (Å²) >= 11 is 0. The number of rotatable bonds is 7. The number of hydrogen-bond acceptors (Lipinski definition) is 4. The van der Waals surface area contributed by atoms with E-state index in [0.717, 1.165) is 11.6 Å². The summed E-state index contributed by atoms with van der Waals surface area (Å²) in [6.07, 6.45) is 1.99. The van der Waals surface area contributed by atoms with Gasteiger partial charge in [-0.25, -0.2) is 18.0 Å². The minimum Gasteiger partial charge on any atom is -0.438 e. The smallest absolute Gasteiger partial charge is 0.411 e. The van der Waals surface area contributed by atoms with Crippen LogP contribution in [0, 0.1) is 28.9 Å². The molecule has 0 aromatic heterocycles. The van der Waals surface area contributed by atoms with Crippen molar-refractivity contribution in [1.29, 1.82) is 5.26 Å². The molecule has 0 aliphatic carbocycles. The van der Waals surface area contributed by atoms with Crippen molar-refractivity contribution in [3.05, 3.63) is 95.3 Å². The summed E-state index contributed by atoms with van der Waals surface area (Å²) in [7, 11) is 1.63. The average Bonchev–Trinajstić information content (AvgIpc) is 2.93. The molecule has 1 saturated heterocycles. The standard InChI is InChI=1S/C29H28F3N5O2/c1-19(20-3-5-21(6-4-20)25-12-11-24(31)17-26(25)32)37-16-14-29(39-28(37)38,22-7-9-23(30)10-8-22)13-15-35-27(34-2)36-18-33/h3-12,17,19H,13-16H2,1-2H3,(H2,34,35,36)/t19-,29-/m0/s1. The zero-order valence-electron chi connectivity index (χ0n) is 21.5. The van der Waals surface area contributed by atoms with E-state index in [9.17, 15) is 18.0 Å². The number of nitrogens with zero attached hydrogens (tertiary/aromatic N) is 3. The number of cyclic esters (lactones) is 1. The minimum absolute atomic E-state index is 0.284. The van der Waals surface area contributed by atoms with Crippen molar-refractivity contribution in [2.75, 3.05) is 20.1 Å². The molecule has 202 valence electrons. The van der Waals surface area contributed by atoms with Gasteiger partial charge in [0.2, 0.25) is 12.2 Å². The molecule has 1 amide bonds. The fourth-order valence-corrected chi connectivity index (χ4v) is 4.76. The Kier molecular flexibility index (Phi) is 8.39. The monoisotopic (exact) mass is 535 g/mol. The summed E-state index contributed by atoms with van der Waals surface area (Å²) in [5.41, 5.74) is 1.35. The Hall–Kier alpha value is -4.52. The zero-order valence-corrected chi connectivity index (χ0v) is 21.5. The maximum absolute atomic E-state index is 14.2. The summed E-state index contributed by atoms with van der Waals surface area (Å²) in [4.78, 5) is 18.6. The number of amides is 1. The van der Waals surface area contributed by atoms with Gasteiger partial charge >= 0.3 is 6.09 Å². The van der Waals surface area contributed by atoms with Crippen LogP contribution < -0.4 is 10.6 Å². The van der Waals surface area contributed by atoms with Gasteiger partial charge < -0.3 is 20.3 Å². The Labute approximate surface area is 224 Å². The molecule has 1 aliphatic rings. The van der Waals surface area contributed by atoms with Crippen molar-refractivity contribution in [2.24, 2.45) is 4.99 Å². The quantitative estimate of drug-likeness (QED) is 0.233. The molecule has 0 saturated carbocycles. The summed E-state index contributed by atoms with van der Waals surface area (Å²) in [6.45, 7) is 2.58. The number of halogens is 3. The molecule has 1 heterocycles. The number of hydrogen-bond donors (Lipinski definition) is 2. The molecule has 1 fully saturated rings. The molecule has 2 atom stereocenters. The lowest BCUT2D eigenvalue weighted by Crippen LogP contribution is -2.50. The highest BCUT2D eigenvalue weighted by atomic mass is 19.1. The van der Waals surface area contributed by atoms with Crippen LogP contribution in [0.15, 0.2) is 71.7 Å². The Morgan fingerprint density at radius 2 is 1.79 bits per heavy atom. The summed E-state index contributed by atoms with van der Waals surface area (Å²) in [6, 6.07) is 16.0. The molecule has 39 heavy (non-hydrogen) atoms. The lowest BCUT2D eigenvalue weighted by Gasteiger charge is -2.43. The van der Waals surface area contributed by atoms with Gasteiger partial charge in [-0.15, -0.1) is 4.99 Å². The number of aliphatic imine (C=N–C) groups is 1. The number of nitrogens with one attached hydrogen (secondary N) is 2. The van der Waals surface area contributed by atoms with Crippen LogP contribution in [0.5, 0.6) is 0 Å². The van der Waals surface area contributed by atoms with Crippen LogP contribution in [-0.2, 0) is 10.3 Å². The maximum atomic E-state index is 14.2. The van der Waals surface area contributed by atoms with E-state index in [1.54, 1.807) is 54.5 Å². The first kappa shape index (κ1) is 27.5. The fraction of sp³-hybridized carbons (Fsp3) is 0.276. The molecular weight excluding hydrogens is 507 g/mol. The predicted molar refractivity (Wildman–Crippen MR) is 141 cm³/mol. The van der Waals surface area contributed by atoms with Gasteiger partial charge in [0.05, 0.1) is 6.04 Å². The molecule has 3 aromatic rings. The molecule has 1 aliphatic heterocycles. The van der Waals surface area contributed by atoms with Crippen LogP contribution in [0.3, 0.4) is 0 Å². The van der Waals surface area contributed by atoms with Crippen LogP contribution in [0.25, 0.3) is 11.1 Å². The molecule has 0 spiro atoms. The van der Waals surface area contributed by atoms with Crippen molar-refractivity contribution in [3.63, 3.8) is 0 Å². The molecule has 2 N–H and O–H groups in total. The van der Waals surface area contributed by atoms with Crippen molar-refractivity contribution in [2.45, 2.75) is 31.4 Å². The van der Waals surface area contributed by atoms with Gasteiger partial charge in [0.25, 0.3) is 0 Å². The SMILES string of the molecule is CNC(=NC#N)NCC[C@@]1(c2ccc(F)cc2)CCN([C@@H](C)c2ccc(-c3ccc(F)cc3F)cc2)C(=O)O1. The highest BCUT2D eigenvalue weighted by molar-refractivity contribution is 5.80. The second-order valence-electron chi connectivity index (χ2n) is 9.22. The summed E-state index contributed by atoms with van der Waals surface area (Å²) in [5.74, 6) is -1.40. The topological polar surface area (TPSA) is 89.8 Å². The van der Waals surface area contributed by atoms with Gasteiger partial charge in [-0.3, -0.25) is 0 Å². The van der Waals surface area contributed by atoms with E-state index in [2.05, 4.69) is 15.6 Å². The second kappa shape index (κ2) is 11.9. The highest BCUT2D eigenvalue weighted by Crippen LogP contribution is 2.39. The molecule has 4 rings (SSSR count). The van der Waals surface area contributed by atoms with Gasteiger partial charge in [-0.2, -0.15) is 5.26 Å². The first-order valence-corrected chi connectivity index (χ1v) is 12.5. The van der Waals surface area contributed by atoms with Crippen LogP contribution in [-0.4, -0.2) is 37.1 Å². The Morgan fingerprint density at radius 3 is 2.41 bits per heavy atom. The normalized spacial score (nSPS) is 18.2. The number of nitriles is 1. The van der Waals surface area contributed by atoms with E-state index in [4.69, 9.17) is 10.00 Å². The van der Waals surface area contributed by atoms with Crippen LogP contribution in [0.2, 0.25) is 0 Å². The van der Waals surface area contributed by atoms with E-state index in [-0.39, 0.29) is 17.6 Å². The molecule has 0 bridgehead atoms. The van der Waals surface area contributed by atoms with Gasteiger partial charge in [0.1, 0.15) is 23.1 Å². The minimum atomic E-state index is -1.01. The third-order valence-electron chi connectivity index (χ3n) is 6.97. The lowest BCUT2D eigenvalue weighted by atomic mass is 9.85. The Balaban J connectivity index is 1.51. The number of guanidine groups is 1. The van der Waals surface area contributed by atoms with Crippen molar-refractivity contribution < 1.29 is 22.7 Å². The van der Waals surface area contributed by atoms with Gasteiger partial charge in [-0.1, -0.05) is 36.4 Å². The van der Waals surface area contributed by atoms with E-state index in [1.165, 1.54) is 24.3 Å². The van der Waals surface area contributed by atoms with Crippen molar-refractivity contribution in [1.82, 2.24) is 15.5 Å². The molecule has 3 aromatic carbocycles. The van der Waals surface area contributed by atoms with E-state index in [1.807, 2.05) is 6.92 Å². The van der Waals surface area contributed by atoms with Crippen LogP contribution >= 0.6 is 0 Å². The number of carbonyl (C=O) groups excluding carboxylic acids is 1. The molecule has 10 heteroatoms. The third kappa shape index (κ3) is 6.14. The number of benzene rings is 3. The van der Waals surface area contributed by atoms with E-state index >= 15 is 0 Å². The lowest BCUT2D eigenvalue weighted by molar-refractivity contribution is -0.0646. The predicted octanol–water partition coefficient (Wildman–Crippen LogP) is 5.61. The zero-order chi connectivity index (χ0) is 28.0. The molecular formula is C29H28F3N5O2. The molecule has 7 nitrogen and oxygen atoms in total. The first-order valence-electron chi connectivity index (χ1n) is 12.5. The Bertz CT molecular complexity index is 1390. The number of carbonyl (C=O) groups is 1. The van der Waals surface area contributed by atoms with Gasteiger partial charge in [0, 0.05) is 44.6 Å². The van der Waals surface area contributed by atoms with E-state index < -0.39 is 29.1 Å². The Morgan fingerprint density at radius 1 is 1.10 bits per heavy atom. The van der Waals surface area contributed by atoms with Crippen LogP contribution in [0.4, 0.5) is 18.0 Å². The summed E-state index contributed by atoms with van der Waals surface area (Å²) < 4.78 is 47.2. The molecule has 0 unspecified atom stereocenters. The van der Waals surface area contributed by atoms with E-state index in [0.29, 0.717) is 37.1 Å². The number of ether oxygens (including phenoxy) is 1. The van der Waals surface area contributed by atoms with Gasteiger partial charge in [0.15, 0.2) is 0 Å². The largest absolute Gasteiger partial charge is 0.438 e. The van der Waals surface area contributed by atoms with Crippen molar-refractivity contribution in [3.8, 4) is 17.3 Å². The highest BCUT2D eigenvalue weighted by Gasteiger charge is 2.43. The molecule has 0 radical (unpaired) electrons. The van der Waals surface area contributed by atoms with Crippen LogP contribution in [0.1, 0.15) is 36.9 Å². The van der Waals surface area contributed by atoms with Crippen molar-refractivity contribution >= 4 is 12.1 Å². The van der Waals surface area contributed by atoms with Gasteiger partial charge in [-0.05, 0) is 47.9 Å². The fourth-order valence-electron chi connectivity index (χ4n) is 4.76. The maximum Gasteiger partial charge on any atom is 0.411 e.